The molecule has 3 nitrogen and oxygen atoms in total. The predicted octanol–water partition coefficient (Wildman–Crippen LogP) is 4.74. The van der Waals surface area contributed by atoms with Crippen molar-refractivity contribution < 1.29 is 9.21 Å². The van der Waals surface area contributed by atoms with Gasteiger partial charge in [-0.3, -0.25) is 4.79 Å². The van der Waals surface area contributed by atoms with Crippen molar-refractivity contribution >= 4 is 23.6 Å². The molecule has 0 bridgehead atoms. The van der Waals surface area contributed by atoms with Gasteiger partial charge in [-0.2, -0.15) is 0 Å². The van der Waals surface area contributed by atoms with Crippen LogP contribution in [0.15, 0.2) is 53.2 Å². The first-order valence-electron chi connectivity index (χ1n) is 7.98. The van der Waals surface area contributed by atoms with Crippen LogP contribution in [-0.4, -0.2) is 23.9 Å². The van der Waals surface area contributed by atoms with Crippen molar-refractivity contribution in [2.24, 2.45) is 0 Å². The van der Waals surface area contributed by atoms with E-state index >= 15 is 0 Å². The summed E-state index contributed by atoms with van der Waals surface area (Å²) in [6.07, 6.45) is 8.22. The third-order valence-corrected chi connectivity index (χ3v) is 4.51. The number of nitrogens with zero attached hydrogens (tertiary/aromatic N) is 1. The van der Waals surface area contributed by atoms with Gasteiger partial charge in [0.05, 0.1) is 6.26 Å². The second kappa shape index (κ2) is 7.51. The van der Waals surface area contributed by atoms with Crippen LogP contribution in [-0.2, 0) is 4.79 Å². The second-order valence-electron chi connectivity index (χ2n) is 5.88. The number of furan rings is 1. The molecule has 1 aromatic carbocycles. The average molecular weight is 330 g/mol. The summed E-state index contributed by atoms with van der Waals surface area (Å²) in [5.74, 6) is 1.11. The molecule has 1 amide bonds. The first-order chi connectivity index (χ1) is 11.2. The van der Waals surface area contributed by atoms with Gasteiger partial charge in [-0.05, 0) is 48.7 Å². The molecule has 1 aliphatic heterocycles. The van der Waals surface area contributed by atoms with E-state index < -0.39 is 0 Å². The summed E-state index contributed by atoms with van der Waals surface area (Å²) in [7, 11) is 0. The summed E-state index contributed by atoms with van der Waals surface area (Å²) in [6.45, 7) is 1.56. The van der Waals surface area contributed by atoms with Crippen molar-refractivity contribution in [3.05, 3.63) is 65.1 Å². The van der Waals surface area contributed by atoms with Gasteiger partial charge < -0.3 is 9.32 Å². The molecule has 120 valence electrons. The summed E-state index contributed by atoms with van der Waals surface area (Å²) in [5, 5.41) is 0.747. The SMILES string of the molecule is O=C(/C=C/c1ccco1)N1CCCC[C@@H](c2ccc(Cl)cc2)C1. The van der Waals surface area contributed by atoms with Gasteiger partial charge >= 0.3 is 0 Å². The normalized spacial score (nSPS) is 19.0. The molecule has 0 radical (unpaired) electrons. The van der Waals surface area contributed by atoms with Crippen LogP contribution in [0.25, 0.3) is 6.08 Å². The lowest BCUT2D eigenvalue weighted by Crippen LogP contribution is -2.32. The van der Waals surface area contributed by atoms with Crippen molar-refractivity contribution in [3.63, 3.8) is 0 Å². The van der Waals surface area contributed by atoms with E-state index in [0.29, 0.717) is 11.7 Å². The Balaban J connectivity index is 1.69. The number of carbonyl (C=O) groups is 1. The molecular weight excluding hydrogens is 310 g/mol. The molecule has 1 saturated heterocycles. The van der Waals surface area contributed by atoms with Gasteiger partial charge in [0.25, 0.3) is 0 Å². The van der Waals surface area contributed by atoms with Gasteiger partial charge in [0.15, 0.2) is 0 Å². The Morgan fingerprint density at radius 2 is 2.04 bits per heavy atom. The lowest BCUT2D eigenvalue weighted by molar-refractivity contribution is -0.126. The molecule has 0 N–H and O–H groups in total. The van der Waals surface area contributed by atoms with Crippen molar-refractivity contribution in [1.82, 2.24) is 4.90 Å². The van der Waals surface area contributed by atoms with Gasteiger partial charge in [-0.25, -0.2) is 0 Å². The highest BCUT2D eigenvalue weighted by molar-refractivity contribution is 6.30. The zero-order valence-corrected chi connectivity index (χ0v) is 13.7. The van der Waals surface area contributed by atoms with E-state index in [9.17, 15) is 4.79 Å². The zero-order chi connectivity index (χ0) is 16.1. The van der Waals surface area contributed by atoms with Crippen molar-refractivity contribution in [2.45, 2.75) is 25.2 Å². The molecule has 3 rings (SSSR count). The quantitative estimate of drug-likeness (QED) is 0.762. The highest BCUT2D eigenvalue weighted by Gasteiger charge is 2.22. The highest BCUT2D eigenvalue weighted by atomic mass is 35.5. The molecule has 1 atom stereocenters. The number of hydrogen-bond acceptors (Lipinski definition) is 2. The maximum Gasteiger partial charge on any atom is 0.246 e. The fraction of sp³-hybridized carbons (Fsp3) is 0.316. The third-order valence-electron chi connectivity index (χ3n) is 4.26. The number of amides is 1. The molecule has 1 aliphatic rings. The lowest BCUT2D eigenvalue weighted by Gasteiger charge is -2.23. The van der Waals surface area contributed by atoms with E-state index in [2.05, 4.69) is 12.1 Å². The summed E-state index contributed by atoms with van der Waals surface area (Å²) in [6, 6.07) is 11.6. The Morgan fingerprint density at radius 3 is 2.78 bits per heavy atom. The minimum absolute atomic E-state index is 0.0438. The predicted molar refractivity (Wildman–Crippen MR) is 92.4 cm³/mol. The van der Waals surface area contributed by atoms with E-state index in [1.807, 2.05) is 29.2 Å². The Labute approximate surface area is 141 Å². The Hall–Kier alpha value is -2.00. The van der Waals surface area contributed by atoms with E-state index in [4.69, 9.17) is 16.0 Å². The maximum atomic E-state index is 12.5. The first-order valence-corrected chi connectivity index (χ1v) is 8.36. The largest absolute Gasteiger partial charge is 0.465 e. The molecule has 2 heterocycles. The fourth-order valence-corrected chi connectivity index (χ4v) is 3.12. The smallest absolute Gasteiger partial charge is 0.246 e. The molecule has 0 saturated carbocycles. The molecule has 23 heavy (non-hydrogen) atoms. The van der Waals surface area contributed by atoms with Gasteiger partial charge in [0.1, 0.15) is 5.76 Å². The maximum absolute atomic E-state index is 12.5. The molecule has 0 unspecified atom stereocenters. The van der Waals surface area contributed by atoms with E-state index in [1.165, 1.54) is 5.56 Å². The summed E-state index contributed by atoms with van der Waals surface area (Å²) in [4.78, 5) is 14.4. The number of hydrogen-bond donors (Lipinski definition) is 0. The average Bonchev–Trinajstić information content (AvgIpc) is 2.96. The molecule has 1 aromatic heterocycles. The topological polar surface area (TPSA) is 33.5 Å². The van der Waals surface area contributed by atoms with Gasteiger partial charge in [-0.1, -0.05) is 30.2 Å². The van der Waals surface area contributed by atoms with Crippen LogP contribution in [0.1, 0.15) is 36.5 Å². The molecule has 0 spiro atoms. The minimum atomic E-state index is 0.0438. The minimum Gasteiger partial charge on any atom is -0.465 e. The van der Waals surface area contributed by atoms with Crippen molar-refractivity contribution in [2.75, 3.05) is 13.1 Å². The van der Waals surface area contributed by atoms with Crippen molar-refractivity contribution in [3.8, 4) is 0 Å². The number of benzene rings is 1. The van der Waals surface area contributed by atoms with Crippen LogP contribution < -0.4 is 0 Å². The van der Waals surface area contributed by atoms with Crippen LogP contribution in [0, 0.1) is 0 Å². The molecule has 4 heteroatoms. The number of rotatable bonds is 3. The number of halogens is 1. The van der Waals surface area contributed by atoms with Gasteiger partial charge in [0, 0.05) is 30.1 Å². The van der Waals surface area contributed by atoms with Crippen LogP contribution in [0.4, 0.5) is 0 Å². The zero-order valence-electron chi connectivity index (χ0n) is 13.0. The second-order valence-corrected chi connectivity index (χ2v) is 6.31. The summed E-state index contributed by atoms with van der Waals surface area (Å²) >= 11 is 5.97. The Morgan fingerprint density at radius 1 is 1.22 bits per heavy atom. The van der Waals surface area contributed by atoms with Crippen LogP contribution in [0.5, 0.6) is 0 Å². The monoisotopic (exact) mass is 329 g/mol. The Kier molecular flexibility index (Phi) is 5.19. The third kappa shape index (κ3) is 4.26. The summed E-state index contributed by atoms with van der Waals surface area (Å²) < 4.78 is 5.23. The standard InChI is InChI=1S/C19H20ClNO2/c20-17-8-6-15(7-9-17)16-4-1-2-12-21(14-16)19(22)11-10-18-5-3-13-23-18/h3,5-11,13,16H,1-2,4,12,14H2/b11-10+/t16-/m1/s1. The van der Waals surface area contributed by atoms with E-state index in [1.54, 1.807) is 18.4 Å². The fourth-order valence-electron chi connectivity index (χ4n) is 2.99. The number of likely N-dealkylation sites (tertiary alicyclic amines) is 1. The molecule has 2 aromatic rings. The Bertz CT molecular complexity index is 661. The van der Waals surface area contributed by atoms with Crippen LogP contribution >= 0.6 is 11.6 Å². The van der Waals surface area contributed by atoms with Gasteiger partial charge in [-0.15, -0.1) is 0 Å². The molecule has 1 fully saturated rings. The van der Waals surface area contributed by atoms with Crippen LogP contribution in [0.2, 0.25) is 5.02 Å². The van der Waals surface area contributed by atoms with E-state index in [0.717, 1.165) is 37.4 Å². The number of carbonyl (C=O) groups excluding carboxylic acids is 1. The van der Waals surface area contributed by atoms with Crippen LogP contribution in [0.3, 0.4) is 0 Å². The van der Waals surface area contributed by atoms with Crippen molar-refractivity contribution in [1.29, 1.82) is 0 Å². The molecule has 0 aliphatic carbocycles. The summed E-state index contributed by atoms with van der Waals surface area (Å²) in [5.41, 5.74) is 1.25. The van der Waals surface area contributed by atoms with Gasteiger partial charge in [0.2, 0.25) is 5.91 Å². The van der Waals surface area contributed by atoms with E-state index in [-0.39, 0.29) is 5.91 Å². The lowest BCUT2D eigenvalue weighted by atomic mass is 9.94. The first kappa shape index (κ1) is 15.9. The molecular formula is C19H20ClNO2. The highest BCUT2D eigenvalue weighted by Crippen LogP contribution is 2.27.